The number of rotatable bonds is 5. The van der Waals surface area contributed by atoms with Crippen LogP contribution in [0.4, 0.5) is 5.69 Å². The Bertz CT molecular complexity index is 1140. The van der Waals surface area contributed by atoms with Crippen LogP contribution in [0.5, 0.6) is 0 Å². The average Bonchev–Trinajstić information content (AvgIpc) is 2.95. The Balaban J connectivity index is 2.05. The molecule has 0 aliphatic heterocycles. The van der Waals surface area contributed by atoms with Crippen molar-refractivity contribution in [3.63, 3.8) is 0 Å². The van der Waals surface area contributed by atoms with Crippen LogP contribution >= 0.6 is 15.9 Å². The highest BCUT2D eigenvalue weighted by Gasteiger charge is 2.29. The van der Waals surface area contributed by atoms with Gasteiger partial charge in [0.2, 0.25) is 10.0 Å². The van der Waals surface area contributed by atoms with Crippen molar-refractivity contribution in [2.75, 3.05) is 12.8 Å². The summed E-state index contributed by atoms with van der Waals surface area (Å²) in [6.45, 7) is 3.46. The highest BCUT2D eigenvalue weighted by atomic mass is 79.9. The smallest absolute Gasteiger partial charge is 0.324 e. The van der Waals surface area contributed by atoms with Crippen LogP contribution in [0.3, 0.4) is 0 Å². The van der Waals surface area contributed by atoms with Crippen LogP contribution in [0.2, 0.25) is 0 Å². The third-order valence-corrected chi connectivity index (χ3v) is 6.40. The summed E-state index contributed by atoms with van der Waals surface area (Å²) >= 11 is 3.38. The number of furan rings is 1. The number of nitrogens with one attached hydrogen (secondary N) is 1. The van der Waals surface area contributed by atoms with Crippen molar-refractivity contribution >= 4 is 59.5 Å². The standard InChI is InChI=1S/C18H19BrN2O5S/c1-9(2)17(18(22)25-3)21-27(23,24)10-4-5-11-12-7-13(19)14(20)8-16(12)26-15(11)6-10/h4-9,17,21H,20H2,1-3H3. The number of fused-ring (bicyclic) bond motifs is 3. The summed E-state index contributed by atoms with van der Waals surface area (Å²) in [4.78, 5) is 11.9. The molecule has 7 nitrogen and oxygen atoms in total. The largest absolute Gasteiger partial charge is 0.468 e. The van der Waals surface area contributed by atoms with E-state index in [2.05, 4.69) is 25.4 Å². The zero-order valence-electron chi connectivity index (χ0n) is 14.9. The molecule has 1 heterocycles. The maximum atomic E-state index is 12.7. The second kappa shape index (κ2) is 7.14. The van der Waals surface area contributed by atoms with Gasteiger partial charge in [-0.25, -0.2) is 8.42 Å². The fourth-order valence-electron chi connectivity index (χ4n) is 2.78. The number of nitrogens with two attached hydrogens (primary N) is 1. The molecule has 0 fully saturated rings. The predicted molar refractivity (Wildman–Crippen MR) is 107 cm³/mol. The van der Waals surface area contributed by atoms with Gasteiger partial charge >= 0.3 is 5.97 Å². The van der Waals surface area contributed by atoms with Crippen molar-refractivity contribution < 1.29 is 22.4 Å². The van der Waals surface area contributed by atoms with Gasteiger partial charge in [-0.3, -0.25) is 4.79 Å². The Labute approximate surface area is 165 Å². The van der Waals surface area contributed by atoms with Gasteiger partial charge in [-0.1, -0.05) is 13.8 Å². The molecule has 1 atom stereocenters. The monoisotopic (exact) mass is 454 g/mol. The Morgan fingerprint density at radius 1 is 1.19 bits per heavy atom. The minimum Gasteiger partial charge on any atom is -0.468 e. The molecule has 0 saturated carbocycles. The molecule has 0 saturated heterocycles. The van der Waals surface area contributed by atoms with Crippen molar-refractivity contribution in [1.82, 2.24) is 4.72 Å². The van der Waals surface area contributed by atoms with Crippen molar-refractivity contribution in [1.29, 1.82) is 0 Å². The number of hydrogen-bond acceptors (Lipinski definition) is 6. The van der Waals surface area contributed by atoms with E-state index < -0.39 is 22.0 Å². The number of methoxy groups -OCH3 is 1. The molecule has 144 valence electrons. The van der Waals surface area contributed by atoms with Gasteiger partial charge in [0.05, 0.1) is 12.0 Å². The predicted octanol–water partition coefficient (Wildman–Crippen LogP) is 3.41. The molecular formula is C18H19BrN2O5S. The molecule has 27 heavy (non-hydrogen) atoms. The van der Waals surface area contributed by atoms with Crippen LogP contribution in [0, 0.1) is 5.92 Å². The Hall–Kier alpha value is -2.10. The SMILES string of the molecule is COC(=O)C(NS(=O)(=O)c1ccc2c(c1)oc1cc(N)c(Br)cc12)C(C)C. The summed E-state index contributed by atoms with van der Waals surface area (Å²) in [5.41, 5.74) is 7.36. The normalized spacial score (nSPS) is 13.4. The average molecular weight is 455 g/mol. The van der Waals surface area contributed by atoms with Crippen LogP contribution < -0.4 is 10.5 Å². The molecule has 3 N–H and O–H groups in total. The highest BCUT2D eigenvalue weighted by Crippen LogP contribution is 2.34. The van der Waals surface area contributed by atoms with Crippen LogP contribution in [0.1, 0.15) is 13.8 Å². The van der Waals surface area contributed by atoms with Gasteiger partial charge < -0.3 is 14.9 Å². The lowest BCUT2D eigenvalue weighted by Crippen LogP contribution is -2.44. The number of benzene rings is 2. The summed E-state index contributed by atoms with van der Waals surface area (Å²) in [6.07, 6.45) is 0. The maximum Gasteiger partial charge on any atom is 0.324 e. The number of carbonyl (C=O) groups excluding carboxylic acids is 1. The summed E-state index contributed by atoms with van der Waals surface area (Å²) in [5, 5.41) is 1.58. The number of esters is 1. The van der Waals surface area contributed by atoms with Gasteiger partial charge in [0.25, 0.3) is 0 Å². The van der Waals surface area contributed by atoms with Gasteiger partial charge in [0.1, 0.15) is 17.2 Å². The van der Waals surface area contributed by atoms with Crippen molar-refractivity contribution in [3.8, 4) is 0 Å². The number of nitrogen functional groups attached to an aromatic ring is 1. The van der Waals surface area contributed by atoms with E-state index in [-0.39, 0.29) is 10.8 Å². The van der Waals surface area contributed by atoms with Crippen molar-refractivity contribution in [2.45, 2.75) is 24.8 Å². The molecule has 1 unspecified atom stereocenters. The first-order valence-corrected chi connectivity index (χ1v) is 10.4. The third-order valence-electron chi connectivity index (χ3n) is 4.28. The number of carbonyl (C=O) groups is 1. The quantitative estimate of drug-likeness (QED) is 0.451. The van der Waals surface area contributed by atoms with E-state index in [1.807, 2.05) is 6.07 Å². The first-order chi connectivity index (χ1) is 12.6. The molecule has 0 amide bonds. The minimum atomic E-state index is -3.95. The van der Waals surface area contributed by atoms with Crippen LogP contribution in [-0.4, -0.2) is 27.5 Å². The molecule has 0 bridgehead atoms. The van der Waals surface area contributed by atoms with Gasteiger partial charge in [-0.15, -0.1) is 0 Å². The zero-order valence-corrected chi connectivity index (χ0v) is 17.3. The van der Waals surface area contributed by atoms with Gasteiger partial charge in [0.15, 0.2) is 0 Å². The van der Waals surface area contributed by atoms with Crippen molar-refractivity contribution in [2.24, 2.45) is 5.92 Å². The van der Waals surface area contributed by atoms with E-state index in [1.165, 1.54) is 19.2 Å². The van der Waals surface area contributed by atoms with Crippen molar-refractivity contribution in [3.05, 3.63) is 34.8 Å². The van der Waals surface area contributed by atoms with E-state index in [0.717, 1.165) is 15.2 Å². The van der Waals surface area contributed by atoms with Gasteiger partial charge in [-0.2, -0.15) is 4.72 Å². The Morgan fingerprint density at radius 3 is 2.48 bits per heavy atom. The number of halogens is 1. The fourth-order valence-corrected chi connectivity index (χ4v) is 4.47. The fraction of sp³-hybridized carbons (Fsp3) is 0.278. The first kappa shape index (κ1) is 19.7. The topological polar surface area (TPSA) is 112 Å². The van der Waals surface area contributed by atoms with E-state index in [4.69, 9.17) is 10.2 Å². The summed E-state index contributed by atoms with van der Waals surface area (Å²) in [5.74, 6) is -0.916. The van der Waals surface area contributed by atoms with Gasteiger partial charge in [0, 0.05) is 33.1 Å². The second-order valence-electron chi connectivity index (χ2n) is 6.50. The molecule has 3 aromatic rings. The van der Waals surface area contributed by atoms with Crippen LogP contribution in [0.15, 0.2) is 44.1 Å². The lowest BCUT2D eigenvalue weighted by molar-refractivity contribution is -0.143. The zero-order chi connectivity index (χ0) is 19.9. The lowest BCUT2D eigenvalue weighted by atomic mass is 10.1. The molecular weight excluding hydrogens is 436 g/mol. The molecule has 0 radical (unpaired) electrons. The Kier molecular flexibility index (Phi) is 5.20. The second-order valence-corrected chi connectivity index (χ2v) is 9.06. The van der Waals surface area contributed by atoms with Crippen LogP contribution in [0.25, 0.3) is 21.9 Å². The third kappa shape index (κ3) is 3.67. The minimum absolute atomic E-state index is 0.00403. The van der Waals surface area contributed by atoms with E-state index in [1.54, 1.807) is 26.0 Å². The van der Waals surface area contributed by atoms with E-state index in [0.29, 0.717) is 16.9 Å². The molecule has 2 aromatic carbocycles. The van der Waals surface area contributed by atoms with E-state index in [9.17, 15) is 13.2 Å². The summed E-state index contributed by atoms with van der Waals surface area (Å²) in [6, 6.07) is 7.09. The molecule has 3 rings (SSSR count). The lowest BCUT2D eigenvalue weighted by Gasteiger charge is -2.19. The number of sulfonamides is 1. The molecule has 9 heteroatoms. The van der Waals surface area contributed by atoms with Crippen LogP contribution in [-0.2, 0) is 19.6 Å². The first-order valence-electron chi connectivity index (χ1n) is 8.15. The number of anilines is 1. The molecule has 0 spiro atoms. The molecule has 1 aromatic heterocycles. The Morgan fingerprint density at radius 2 is 1.85 bits per heavy atom. The maximum absolute atomic E-state index is 12.7. The summed E-state index contributed by atoms with van der Waals surface area (Å²) in [7, 11) is -2.73. The number of hydrogen-bond donors (Lipinski definition) is 2. The highest BCUT2D eigenvalue weighted by molar-refractivity contribution is 9.10. The van der Waals surface area contributed by atoms with Gasteiger partial charge in [-0.05, 0) is 40.0 Å². The molecule has 0 aliphatic rings. The number of ether oxygens (including phenoxy) is 1. The van der Waals surface area contributed by atoms with E-state index >= 15 is 0 Å². The summed E-state index contributed by atoms with van der Waals surface area (Å²) < 4.78 is 39.1. The molecule has 0 aliphatic carbocycles.